The van der Waals surface area contributed by atoms with Crippen molar-refractivity contribution in [2.45, 2.75) is 32.3 Å². The summed E-state index contributed by atoms with van der Waals surface area (Å²) in [4.78, 5) is 11.1. The zero-order valence-electron chi connectivity index (χ0n) is 10.9. The number of ether oxygens (including phenoxy) is 2. The highest BCUT2D eigenvalue weighted by Gasteiger charge is 2.09. The number of methoxy groups -OCH3 is 1. The van der Waals surface area contributed by atoms with Gasteiger partial charge in [0.25, 0.3) is 0 Å². The molecule has 0 amide bonds. The number of hydrogen-bond acceptors (Lipinski definition) is 4. The highest BCUT2D eigenvalue weighted by atomic mass is 16.5. The molecule has 1 rings (SSSR count). The summed E-state index contributed by atoms with van der Waals surface area (Å²) in [5.41, 5.74) is 0.833. The fourth-order valence-corrected chi connectivity index (χ4v) is 1.67. The van der Waals surface area contributed by atoms with E-state index in [4.69, 9.17) is 9.47 Å². The summed E-state index contributed by atoms with van der Waals surface area (Å²) in [7, 11) is 1.60. The first-order chi connectivity index (χ1) is 8.67. The van der Waals surface area contributed by atoms with Crippen molar-refractivity contribution in [3.63, 3.8) is 0 Å². The first-order valence-corrected chi connectivity index (χ1v) is 6.15. The van der Waals surface area contributed by atoms with Crippen LogP contribution in [0, 0.1) is 0 Å². The monoisotopic (exact) mass is 252 g/mol. The molecule has 0 aliphatic carbocycles. The molecule has 0 aliphatic rings. The van der Waals surface area contributed by atoms with Crippen LogP contribution in [0.25, 0.3) is 0 Å². The molecule has 1 atom stereocenters. The van der Waals surface area contributed by atoms with Gasteiger partial charge in [-0.3, -0.25) is 4.79 Å². The molecule has 0 radical (unpaired) electrons. The Morgan fingerprint density at radius 1 is 1.33 bits per heavy atom. The summed E-state index contributed by atoms with van der Waals surface area (Å²) in [6.45, 7) is 2.18. The van der Waals surface area contributed by atoms with Gasteiger partial charge < -0.3 is 14.6 Å². The maximum Gasteiger partial charge on any atom is 0.305 e. The van der Waals surface area contributed by atoms with E-state index < -0.39 is 6.10 Å². The molecule has 1 aromatic carbocycles. The summed E-state index contributed by atoms with van der Waals surface area (Å²) in [6.07, 6.45) is 0.962. The Morgan fingerprint density at radius 2 is 2.00 bits per heavy atom. The molecule has 100 valence electrons. The largest absolute Gasteiger partial charge is 0.497 e. The number of rotatable bonds is 7. The lowest BCUT2D eigenvalue weighted by molar-refractivity contribution is -0.143. The van der Waals surface area contributed by atoms with E-state index in [-0.39, 0.29) is 5.97 Å². The van der Waals surface area contributed by atoms with Gasteiger partial charge in [-0.1, -0.05) is 12.1 Å². The Morgan fingerprint density at radius 3 is 2.56 bits per heavy atom. The van der Waals surface area contributed by atoms with E-state index in [2.05, 4.69) is 0 Å². The lowest BCUT2D eigenvalue weighted by Crippen LogP contribution is -2.05. The van der Waals surface area contributed by atoms with Crippen molar-refractivity contribution in [3.8, 4) is 5.75 Å². The van der Waals surface area contributed by atoms with Crippen LogP contribution >= 0.6 is 0 Å². The molecule has 4 heteroatoms. The second kappa shape index (κ2) is 7.71. The van der Waals surface area contributed by atoms with Crippen LogP contribution in [0.3, 0.4) is 0 Å². The molecule has 1 aromatic rings. The summed E-state index contributed by atoms with van der Waals surface area (Å²) >= 11 is 0. The zero-order chi connectivity index (χ0) is 13.4. The number of benzene rings is 1. The fourth-order valence-electron chi connectivity index (χ4n) is 1.67. The predicted octanol–water partition coefficient (Wildman–Crippen LogP) is 2.46. The van der Waals surface area contributed by atoms with Crippen LogP contribution in [0.2, 0.25) is 0 Å². The van der Waals surface area contributed by atoms with Crippen LogP contribution in [0.1, 0.15) is 37.9 Å². The predicted molar refractivity (Wildman–Crippen MR) is 68.4 cm³/mol. The van der Waals surface area contributed by atoms with E-state index in [0.29, 0.717) is 25.9 Å². The van der Waals surface area contributed by atoms with Crippen molar-refractivity contribution in [2.75, 3.05) is 13.7 Å². The van der Waals surface area contributed by atoms with Gasteiger partial charge in [-0.15, -0.1) is 0 Å². The van der Waals surface area contributed by atoms with Crippen LogP contribution in [-0.2, 0) is 9.53 Å². The average molecular weight is 252 g/mol. The van der Waals surface area contributed by atoms with Crippen molar-refractivity contribution < 1.29 is 19.4 Å². The number of carbonyl (C=O) groups excluding carboxylic acids is 1. The molecule has 1 N–H and O–H groups in total. The van der Waals surface area contributed by atoms with Gasteiger partial charge in [0.2, 0.25) is 0 Å². The van der Waals surface area contributed by atoms with Crippen LogP contribution < -0.4 is 4.74 Å². The van der Waals surface area contributed by atoms with Crippen molar-refractivity contribution in [1.29, 1.82) is 0 Å². The Kier molecular flexibility index (Phi) is 6.22. The minimum absolute atomic E-state index is 0.209. The van der Waals surface area contributed by atoms with Gasteiger partial charge in [-0.25, -0.2) is 0 Å². The maximum atomic E-state index is 11.1. The highest BCUT2D eigenvalue weighted by molar-refractivity contribution is 5.69. The van der Waals surface area contributed by atoms with Crippen LogP contribution in [0.5, 0.6) is 5.75 Å². The summed E-state index contributed by atoms with van der Waals surface area (Å²) in [5.74, 6) is 0.553. The van der Waals surface area contributed by atoms with E-state index in [1.54, 1.807) is 14.0 Å². The Balaban J connectivity index is 2.35. The molecular weight excluding hydrogens is 232 g/mol. The Labute approximate surface area is 108 Å². The summed E-state index contributed by atoms with van der Waals surface area (Å²) < 4.78 is 9.87. The number of esters is 1. The topological polar surface area (TPSA) is 55.8 Å². The number of aliphatic hydroxyl groups is 1. The minimum Gasteiger partial charge on any atom is -0.497 e. The minimum atomic E-state index is -0.551. The third-order valence-electron chi connectivity index (χ3n) is 2.66. The van der Waals surface area contributed by atoms with Crippen molar-refractivity contribution in [1.82, 2.24) is 0 Å². The third-order valence-corrected chi connectivity index (χ3v) is 2.66. The van der Waals surface area contributed by atoms with Gasteiger partial charge in [-0.05, 0) is 37.5 Å². The van der Waals surface area contributed by atoms with E-state index in [9.17, 15) is 9.90 Å². The van der Waals surface area contributed by atoms with E-state index in [1.807, 2.05) is 24.3 Å². The van der Waals surface area contributed by atoms with Gasteiger partial charge in [-0.2, -0.15) is 0 Å². The number of carbonyl (C=O) groups is 1. The molecule has 0 saturated heterocycles. The quantitative estimate of drug-likeness (QED) is 0.757. The lowest BCUT2D eigenvalue weighted by Gasteiger charge is -2.11. The second-order valence-corrected chi connectivity index (χ2v) is 3.99. The standard InChI is InChI=1S/C14H20O4/c1-3-18-14(16)6-4-5-13(15)11-7-9-12(17-2)10-8-11/h7-10,13,15H,3-6H2,1-2H3. The SMILES string of the molecule is CCOC(=O)CCCC(O)c1ccc(OC)cc1. The van der Waals surface area contributed by atoms with Gasteiger partial charge >= 0.3 is 5.97 Å². The Hall–Kier alpha value is -1.55. The van der Waals surface area contributed by atoms with Crippen molar-refractivity contribution in [2.24, 2.45) is 0 Å². The maximum absolute atomic E-state index is 11.1. The Bertz CT molecular complexity index is 359. The van der Waals surface area contributed by atoms with Crippen LogP contribution in [0.15, 0.2) is 24.3 Å². The van der Waals surface area contributed by atoms with E-state index in [0.717, 1.165) is 11.3 Å². The third kappa shape index (κ3) is 4.75. The van der Waals surface area contributed by atoms with Crippen LogP contribution in [-0.4, -0.2) is 24.8 Å². The molecule has 0 saturated carbocycles. The van der Waals surface area contributed by atoms with Crippen LogP contribution in [0.4, 0.5) is 0 Å². The molecule has 0 spiro atoms. The second-order valence-electron chi connectivity index (χ2n) is 3.99. The molecular formula is C14H20O4. The first kappa shape index (κ1) is 14.5. The van der Waals surface area contributed by atoms with Crippen molar-refractivity contribution in [3.05, 3.63) is 29.8 Å². The summed E-state index contributed by atoms with van der Waals surface area (Å²) in [6, 6.07) is 7.27. The van der Waals surface area contributed by atoms with Gasteiger partial charge in [0.15, 0.2) is 0 Å². The molecule has 0 bridgehead atoms. The van der Waals surface area contributed by atoms with E-state index >= 15 is 0 Å². The summed E-state index contributed by atoms with van der Waals surface area (Å²) in [5, 5.41) is 9.93. The highest BCUT2D eigenvalue weighted by Crippen LogP contribution is 2.21. The average Bonchev–Trinajstić information content (AvgIpc) is 2.39. The molecule has 0 heterocycles. The number of hydrogen-bond donors (Lipinski definition) is 1. The van der Waals surface area contributed by atoms with Gasteiger partial charge in [0, 0.05) is 6.42 Å². The molecule has 0 aliphatic heterocycles. The van der Waals surface area contributed by atoms with Crippen molar-refractivity contribution >= 4 is 5.97 Å². The molecule has 0 aromatic heterocycles. The normalized spacial score (nSPS) is 11.9. The first-order valence-electron chi connectivity index (χ1n) is 6.15. The lowest BCUT2D eigenvalue weighted by atomic mass is 10.0. The zero-order valence-corrected chi connectivity index (χ0v) is 10.9. The molecule has 0 fully saturated rings. The molecule has 1 unspecified atom stereocenters. The molecule has 18 heavy (non-hydrogen) atoms. The number of aliphatic hydroxyl groups excluding tert-OH is 1. The van der Waals surface area contributed by atoms with Gasteiger partial charge in [0.05, 0.1) is 19.8 Å². The fraction of sp³-hybridized carbons (Fsp3) is 0.500. The smallest absolute Gasteiger partial charge is 0.305 e. The van der Waals surface area contributed by atoms with Gasteiger partial charge in [0.1, 0.15) is 5.75 Å². The molecule has 4 nitrogen and oxygen atoms in total. The van der Waals surface area contributed by atoms with E-state index in [1.165, 1.54) is 0 Å².